The lowest BCUT2D eigenvalue weighted by atomic mass is 10.1. The molecule has 35 nitrogen and oxygen atoms in total. The van der Waals surface area contributed by atoms with Gasteiger partial charge >= 0.3 is 40.1 Å². The van der Waals surface area contributed by atoms with Crippen LogP contribution in [0.3, 0.4) is 0 Å². The van der Waals surface area contributed by atoms with Crippen LogP contribution in [0.1, 0.15) is 115 Å². The Morgan fingerprint density at radius 1 is 0.612 bits per heavy atom. The monoisotopic (exact) mass is 1490 g/mol. The van der Waals surface area contributed by atoms with Crippen molar-refractivity contribution in [3.63, 3.8) is 0 Å². The maximum Gasteiger partial charge on any atom is 0.351 e. The number of aliphatic imine (C=N–C) groups is 1. The van der Waals surface area contributed by atoms with Crippen LogP contribution in [0, 0.1) is 12.8 Å². The molecule has 38 heteroatoms. The normalized spacial score (nSPS) is 24.5. The second-order valence-corrected chi connectivity index (χ2v) is 34.4. The number of ether oxygens (including phenoxy) is 4. The zero-order valence-electron chi connectivity index (χ0n) is 59.1. The number of anilines is 3. The zero-order valence-corrected chi connectivity index (χ0v) is 61.8. The van der Waals surface area contributed by atoms with E-state index in [2.05, 4.69) is 40.9 Å². The minimum Gasteiger partial charge on any atom is -0.352 e. The van der Waals surface area contributed by atoms with Crippen LogP contribution >= 0.6 is 23.0 Å². The summed E-state index contributed by atoms with van der Waals surface area (Å²) in [5.74, 6) is -0.453. The number of carbonyl (C=O) groups is 3. The number of amidine groups is 1. The Morgan fingerprint density at radius 3 is 1.53 bits per heavy atom. The van der Waals surface area contributed by atoms with E-state index in [0.717, 1.165) is 4.57 Å². The molecule has 6 aromatic rings. The number of amides is 2. The van der Waals surface area contributed by atoms with Gasteiger partial charge in [0.1, 0.15) is 41.4 Å². The number of hydrogen-bond acceptors (Lipinski definition) is 21. The van der Waals surface area contributed by atoms with Crippen LogP contribution in [0.2, 0.25) is 0 Å². The molecule has 0 spiro atoms. The van der Waals surface area contributed by atoms with Crippen molar-refractivity contribution in [2.75, 3.05) is 124 Å². The number of H-pyrrole nitrogens is 1. The van der Waals surface area contributed by atoms with Crippen molar-refractivity contribution in [3.8, 4) is 0 Å². The molecule has 11 atom stereocenters. The Morgan fingerprint density at radius 2 is 1.07 bits per heavy atom. The Bertz CT molecular complexity index is 4480. The lowest BCUT2D eigenvalue weighted by Gasteiger charge is -2.46. The van der Waals surface area contributed by atoms with Gasteiger partial charge in [0.05, 0.1) is 76.6 Å². The number of fused-ring (bicyclic) bond motifs is 1. The van der Waals surface area contributed by atoms with Gasteiger partial charge in [-0.3, -0.25) is 61.1 Å². The quantitative estimate of drug-likeness (QED) is 0.0456. The number of ketones is 1. The molecule has 0 aliphatic carbocycles. The van der Waals surface area contributed by atoms with Gasteiger partial charge in [0.2, 0.25) is 0 Å². The second-order valence-electron chi connectivity index (χ2n) is 26.6. The van der Waals surface area contributed by atoms with Gasteiger partial charge in [-0.25, -0.2) is 47.4 Å². The van der Waals surface area contributed by atoms with E-state index in [4.69, 9.17) is 32.5 Å². The fourth-order valence-corrected chi connectivity index (χ4v) is 18.4. The van der Waals surface area contributed by atoms with E-state index in [1.54, 1.807) is 124 Å². The van der Waals surface area contributed by atoms with E-state index in [9.17, 15) is 33.6 Å². The van der Waals surface area contributed by atoms with E-state index in [1.807, 2.05) is 20.8 Å². The first kappa shape index (κ1) is 76.5. The predicted molar refractivity (Wildman–Crippen MR) is 380 cm³/mol. The molecule has 5 aliphatic heterocycles. The van der Waals surface area contributed by atoms with Crippen LogP contribution in [-0.4, -0.2) is 222 Å². The number of aryl methyl sites for hydroxylation is 1. The maximum absolute atomic E-state index is 16.3. The molecule has 4 aromatic heterocycles. The fraction of sp³-hybridized carbons (Fsp3) is 0.523. The first-order valence-corrected chi connectivity index (χ1v) is 38.5. The highest BCUT2D eigenvalue weighted by Gasteiger charge is 2.49. The summed E-state index contributed by atoms with van der Waals surface area (Å²) in [7, 11) is -3.24. The molecule has 4 saturated heterocycles. The summed E-state index contributed by atoms with van der Waals surface area (Å²) in [5, 5.41) is 8.59. The van der Waals surface area contributed by atoms with E-state index in [0.29, 0.717) is 54.8 Å². The third-order valence-electron chi connectivity index (χ3n) is 17.9. The average Bonchev–Trinajstić information content (AvgIpc) is 1.76. The van der Waals surface area contributed by atoms with Gasteiger partial charge in [0.15, 0.2) is 18.2 Å². The molecule has 5 aliphatic rings. The number of imidazole rings is 1. The number of morpholine rings is 3. The smallest absolute Gasteiger partial charge is 0.351 e. The van der Waals surface area contributed by atoms with Gasteiger partial charge in [-0.05, 0) is 117 Å². The van der Waals surface area contributed by atoms with Gasteiger partial charge in [0, 0.05) is 61.5 Å². The highest BCUT2D eigenvalue weighted by molar-refractivity contribution is 7.54. The molecule has 0 radical (unpaired) electrons. The summed E-state index contributed by atoms with van der Waals surface area (Å²) < 4.78 is 108. The number of Topliss-reactive ketones (excluding diaryl/α,β-unsaturated/α-hetero) is 1. The van der Waals surface area contributed by atoms with Crippen LogP contribution < -0.4 is 38.6 Å². The first-order chi connectivity index (χ1) is 49.1. The molecule has 0 saturated carbocycles. The van der Waals surface area contributed by atoms with Crippen LogP contribution in [0.15, 0.2) is 122 Å². The van der Waals surface area contributed by atoms with Crippen LogP contribution in [0.25, 0.3) is 0 Å². The molecule has 4 N–H and O–H groups in total. The molecule has 4 fully saturated rings. The van der Waals surface area contributed by atoms with Crippen molar-refractivity contribution in [1.29, 1.82) is 0 Å². The highest BCUT2D eigenvalue weighted by atomic mass is 31.2. The van der Waals surface area contributed by atoms with E-state index >= 15 is 13.7 Å². The molecule has 11 rings (SSSR count). The third-order valence-corrected chi connectivity index (χ3v) is 25.6. The topological polar surface area (TPSA) is 377 Å². The SMILES string of the molecule is CC[C@@H]1CN([P@@](=O)(OC[C@@H]2CN([P@@](=O)(OC[C@@H]3CN([P@@](=O)(OC[C@@H]4CCC[C@H](n5cc(C)c(=O)[nH]c5=O)O4)N(C)C)C[C@H](n4cnc5c4NC(=NCC(C)C)CC5=O)O3)N(C)C)C[C@H](n3ccc(NC(=O)c4ccccc4)nc3=O)O2)N(C)C)C[C@H](n2ccc(NC(=O)c3ccccc3)nc2=O)O1. The summed E-state index contributed by atoms with van der Waals surface area (Å²) in [6.45, 7) is 6.00. The maximum atomic E-state index is 16.3. The van der Waals surface area contributed by atoms with Gasteiger partial charge in [-0.1, -0.05) is 57.2 Å². The summed E-state index contributed by atoms with van der Waals surface area (Å²) >= 11 is 0. The summed E-state index contributed by atoms with van der Waals surface area (Å²) in [6.07, 6.45) is 0.0483. The predicted octanol–water partition coefficient (Wildman–Crippen LogP) is 5.95. The lowest BCUT2D eigenvalue weighted by molar-refractivity contribution is -0.129. The van der Waals surface area contributed by atoms with Gasteiger partial charge in [-0.15, -0.1) is 0 Å². The van der Waals surface area contributed by atoms with Crippen molar-refractivity contribution in [2.45, 2.75) is 109 Å². The molecule has 0 bridgehead atoms. The van der Waals surface area contributed by atoms with Crippen molar-refractivity contribution in [2.24, 2.45) is 10.9 Å². The van der Waals surface area contributed by atoms with Crippen LogP contribution in [0.5, 0.6) is 0 Å². The molecular formula is C65H89N18O17P3. The standard InChI is InChI=1S/C65H89N18O17P3/c1-11-46-32-77(35-55(97-46)80-27-25-51(71-63(80)88)69-61(86)44-19-14-12-15-20-44)101(91,74(5)6)95-39-48-33-78(36-56(99-48)81-28-26-52(72-64(81)89)70-62(87)45-21-16-13-17-22-45)103(93,76(9)10)96-40-49-34-79(37-57(100-49)83-41-67-58-50(84)29-53(68-59(58)83)66-30-42(2)3)102(92,75(7)8)94-38-47-23-18-24-54(98-47)82-31-43(4)60(85)73-65(82)90/h12-17,19-22,25-28,31,41-42,46-49,54-57H,11,18,23-24,29-30,32-40H2,1-10H3,(H,66,68)(H,73,85,90)(H,69,71,86,88)(H,70,72,87,89)/t46-,47+,48+,49+,54-,55-,56-,57-,101+,102+,103+/m1/s1. The summed E-state index contributed by atoms with van der Waals surface area (Å²) in [4.78, 5) is 113. The Balaban J connectivity index is 0.878. The highest BCUT2D eigenvalue weighted by Crippen LogP contribution is 2.59. The average molecular weight is 1490 g/mol. The number of aromatic nitrogens is 8. The Kier molecular flexibility index (Phi) is 24.3. The molecule has 2 aromatic carbocycles. The van der Waals surface area contributed by atoms with Crippen molar-refractivity contribution in [1.82, 2.24) is 66.2 Å². The van der Waals surface area contributed by atoms with Gasteiger partial charge < -0.3 is 48.5 Å². The number of nitrogens with one attached hydrogen (secondary N) is 4. The van der Waals surface area contributed by atoms with Crippen LogP contribution in [-0.2, 0) is 46.2 Å². The largest absolute Gasteiger partial charge is 0.352 e. The first-order valence-electron chi connectivity index (χ1n) is 33.9. The number of benzene rings is 2. The summed E-state index contributed by atoms with van der Waals surface area (Å²) in [6, 6.07) is 19.6. The second kappa shape index (κ2) is 32.8. The van der Waals surface area contributed by atoms with Crippen molar-refractivity contribution in [3.05, 3.63) is 162 Å². The molecule has 103 heavy (non-hydrogen) atoms. The number of hydrogen-bond donors (Lipinski definition) is 4. The van der Waals surface area contributed by atoms with Crippen molar-refractivity contribution < 1.29 is 60.6 Å². The van der Waals surface area contributed by atoms with Crippen molar-refractivity contribution >= 4 is 63.9 Å². The van der Waals surface area contributed by atoms with Gasteiger partial charge in [0.25, 0.3) is 17.4 Å². The third kappa shape index (κ3) is 17.5. The molecule has 0 unspecified atom stereocenters. The van der Waals surface area contributed by atoms with E-state index < -0.39 is 120 Å². The Hall–Kier alpha value is -7.66. The number of nitrogens with zero attached hydrogens (tertiary/aromatic N) is 14. The molecule has 2 amide bonds. The number of rotatable bonds is 26. The summed E-state index contributed by atoms with van der Waals surface area (Å²) in [5.41, 5.74) is -1.64. The molecule has 556 valence electrons. The van der Waals surface area contributed by atoms with E-state index in [-0.39, 0.29) is 87.1 Å². The lowest BCUT2D eigenvalue weighted by Crippen LogP contribution is -2.51. The zero-order chi connectivity index (χ0) is 73.7. The number of aromatic amines is 1. The molecule has 9 heterocycles. The number of carbonyl (C=O) groups excluding carboxylic acids is 3. The minimum absolute atomic E-state index is 0.00700. The fourth-order valence-electron chi connectivity index (χ4n) is 12.5. The van der Waals surface area contributed by atoms with E-state index in [1.165, 1.54) is 64.9 Å². The van der Waals surface area contributed by atoms with Crippen LogP contribution in [0.4, 0.5) is 17.5 Å². The minimum atomic E-state index is -4.38. The van der Waals surface area contributed by atoms with Gasteiger partial charge in [-0.2, -0.15) is 9.97 Å². The Labute approximate surface area is 594 Å². The molecular weight excluding hydrogens is 1400 g/mol.